The molecule has 186 valence electrons. The van der Waals surface area contributed by atoms with Crippen molar-refractivity contribution in [2.75, 3.05) is 19.6 Å². The van der Waals surface area contributed by atoms with Crippen LogP contribution in [0.2, 0.25) is 0 Å². The molecule has 1 atom stereocenters. The van der Waals surface area contributed by atoms with Gasteiger partial charge >= 0.3 is 0 Å². The summed E-state index contributed by atoms with van der Waals surface area (Å²) in [6.07, 6.45) is 12.7. The average Bonchev–Trinajstić information content (AvgIpc) is 3.14. The number of terminal acetylenes is 1. The minimum Gasteiger partial charge on any atom is -0.387 e. The second-order valence-corrected chi connectivity index (χ2v) is 9.75. The summed E-state index contributed by atoms with van der Waals surface area (Å²) in [5.41, 5.74) is 3.32. The molecular formula is C27H29N5O4. The number of nitrogens with zero attached hydrogens (tertiary/aromatic N) is 3. The number of likely N-dealkylation sites (tertiary alicyclic amines) is 2. The van der Waals surface area contributed by atoms with Crippen molar-refractivity contribution in [2.24, 2.45) is 5.92 Å². The van der Waals surface area contributed by atoms with Gasteiger partial charge in [0.1, 0.15) is 11.7 Å². The van der Waals surface area contributed by atoms with E-state index in [9.17, 15) is 19.2 Å². The number of aromatic nitrogens is 1. The number of carbonyl (C=O) groups is 4. The third-order valence-corrected chi connectivity index (χ3v) is 7.41. The van der Waals surface area contributed by atoms with Crippen LogP contribution in [0.3, 0.4) is 0 Å². The van der Waals surface area contributed by atoms with E-state index < -0.39 is 23.8 Å². The number of carbonyl (C=O) groups excluding carboxylic acids is 4. The summed E-state index contributed by atoms with van der Waals surface area (Å²) in [6.45, 7) is 3.52. The summed E-state index contributed by atoms with van der Waals surface area (Å²) in [4.78, 5) is 57.9. The first-order chi connectivity index (χ1) is 17.4. The molecule has 0 aromatic carbocycles. The molecule has 9 nitrogen and oxygen atoms in total. The van der Waals surface area contributed by atoms with Crippen molar-refractivity contribution in [1.82, 2.24) is 25.4 Å². The summed E-state index contributed by atoms with van der Waals surface area (Å²) in [6, 6.07) is 2.95. The number of hydrogen-bond donors (Lipinski definition) is 2. The van der Waals surface area contributed by atoms with Gasteiger partial charge in [0.25, 0.3) is 11.8 Å². The van der Waals surface area contributed by atoms with E-state index in [-0.39, 0.29) is 18.7 Å². The van der Waals surface area contributed by atoms with Gasteiger partial charge in [-0.25, -0.2) is 4.98 Å². The van der Waals surface area contributed by atoms with Crippen molar-refractivity contribution in [1.29, 1.82) is 0 Å². The van der Waals surface area contributed by atoms with E-state index in [1.54, 1.807) is 6.08 Å². The molecule has 3 fully saturated rings. The number of allylic oxidation sites excluding steroid dienone is 2. The number of rotatable bonds is 6. The van der Waals surface area contributed by atoms with E-state index in [0.717, 1.165) is 55.2 Å². The lowest BCUT2D eigenvalue weighted by Gasteiger charge is -2.32. The summed E-state index contributed by atoms with van der Waals surface area (Å²) in [5, 5.41) is 5.71. The summed E-state index contributed by atoms with van der Waals surface area (Å²) in [5.74, 6) is 1.15. The zero-order valence-corrected chi connectivity index (χ0v) is 20.1. The maximum Gasteiger partial charge on any atom is 0.264 e. The lowest BCUT2D eigenvalue weighted by molar-refractivity contribution is -0.149. The topological polar surface area (TPSA) is 112 Å². The first-order valence-corrected chi connectivity index (χ1v) is 12.5. The van der Waals surface area contributed by atoms with Crippen molar-refractivity contribution >= 4 is 23.6 Å². The molecule has 0 bridgehead atoms. The zero-order valence-electron chi connectivity index (χ0n) is 20.1. The SMILES string of the molecule is C#Cc1ccc(CN2CCC(CNC3=C4C(=O)N(C5CCC(=O)NC5=O)C(=O)C4=CCC3)CC2)cn1. The van der Waals surface area contributed by atoms with Crippen molar-refractivity contribution in [2.45, 2.75) is 51.1 Å². The molecule has 3 aliphatic heterocycles. The Hall–Kier alpha value is -3.77. The Balaban J connectivity index is 1.19. The number of imide groups is 2. The highest BCUT2D eigenvalue weighted by Crippen LogP contribution is 2.35. The predicted molar refractivity (Wildman–Crippen MR) is 131 cm³/mol. The Bertz CT molecular complexity index is 1200. The van der Waals surface area contributed by atoms with Crippen LogP contribution in [0, 0.1) is 18.3 Å². The van der Waals surface area contributed by atoms with Crippen molar-refractivity contribution in [3.8, 4) is 12.3 Å². The summed E-state index contributed by atoms with van der Waals surface area (Å²) >= 11 is 0. The molecule has 3 saturated heterocycles. The molecule has 36 heavy (non-hydrogen) atoms. The van der Waals surface area contributed by atoms with Crippen molar-refractivity contribution in [3.05, 3.63) is 52.5 Å². The minimum atomic E-state index is -0.940. The minimum absolute atomic E-state index is 0.113. The monoisotopic (exact) mass is 487 g/mol. The van der Waals surface area contributed by atoms with Crippen LogP contribution in [-0.2, 0) is 25.7 Å². The Kier molecular flexibility index (Phi) is 6.70. The quantitative estimate of drug-likeness (QED) is 0.455. The van der Waals surface area contributed by atoms with Gasteiger partial charge in [-0.15, -0.1) is 6.42 Å². The van der Waals surface area contributed by atoms with E-state index in [1.165, 1.54) is 0 Å². The third kappa shape index (κ3) is 4.69. The maximum absolute atomic E-state index is 13.3. The van der Waals surface area contributed by atoms with Crippen LogP contribution < -0.4 is 10.6 Å². The van der Waals surface area contributed by atoms with E-state index >= 15 is 0 Å². The fraction of sp³-hybridized carbons (Fsp3) is 0.444. The molecule has 4 heterocycles. The van der Waals surface area contributed by atoms with Gasteiger partial charge in [0.05, 0.1) is 11.1 Å². The van der Waals surface area contributed by atoms with Crippen LogP contribution >= 0.6 is 0 Å². The summed E-state index contributed by atoms with van der Waals surface area (Å²) in [7, 11) is 0. The molecule has 1 aliphatic carbocycles. The lowest BCUT2D eigenvalue weighted by Crippen LogP contribution is -2.54. The molecule has 4 amide bonds. The van der Waals surface area contributed by atoms with E-state index in [2.05, 4.69) is 26.4 Å². The molecule has 2 N–H and O–H groups in total. The van der Waals surface area contributed by atoms with Crippen LogP contribution in [-0.4, -0.2) is 64.1 Å². The van der Waals surface area contributed by atoms with Gasteiger partial charge in [-0.2, -0.15) is 0 Å². The van der Waals surface area contributed by atoms with E-state index in [4.69, 9.17) is 6.42 Å². The third-order valence-electron chi connectivity index (χ3n) is 7.41. The Morgan fingerprint density at radius 2 is 1.89 bits per heavy atom. The van der Waals surface area contributed by atoms with Crippen LogP contribution in [0.15, 0.2) is 41.2 Å². The van der Waals surface area contributed by atoms with E-state index in [1.807, 2.05) is 18.3 Å². The second kappa shape index (κ2) is 10.1. The van der Waals surface area contributed by atoms with Crippen LogP contribution in [0.1, 0.15) is 49.8 Å². The first kappa shape index (κ1) is 23.9. The maximum atomic E-state index is 13.3. The molecule has 4 aliphatic rings. The lowest BCUT2D eigenvalue weighted by atomic mass is 9.94. The predicted octanol–water partition coefficient (Wildman–Crippen LogP) is 1.01. The fourth-order valence-corrected chi connectivity index (χ4v) is 5.40. The van der Waals surface area contributed by atoms with Crippen LogP contribution in [0.5, 0.6) is 0 Å². The van der Waals surface area contributed by atoms with Gasteiger partial charge in [-0.1, -0.05) is 18.1 Å². The Morgan fingerprint density at radius 3 is 2.58 bits per heavy atom. The molecule has 9 heteroatoms. The van der Waals surface area contributed by atoms with Gasteiger partial charge in [0.2, 0.25) is 11.8 Å². The van der Waals surface area contributed by atoms with Gasteiger partial charge in [0, 0.05) is 31.4 Å². The standard InChI is InChI=1S/C27H29N5O4/c1-2-19-7-6-18(15-28-19)16-31-12-10-17(11-13-31)14-29-21-5-3-4-20-24(21)27(36)32(26(20)35)22-8-9-23(33)30-25(22)34/h1,4,6-7,15,17,22,29H,3,5,8-14,16H2,(H,30,33,34). The van der Waals surface area contributed by atoms with Gasteiger partial charge in [-0.3, -0.25) is 34.3 Å². The number of pyridine rings is 1. The highest BCUT2D eigenvalue weighted by atomic mass is 16.2. The smallest absolute Gasteiger partial charge is 0.264 e. The molecule has 0 spiro atoms. The van der Waals surface area contributed by atoms with Crippen LogP contribution in [0.4, 0.5) is 0 Å². The Morgan fingerprint density at radius 1 is 1.08 bits per heavy atom. The second-order valence-electron chi connectivity index (χ2n) is 9.75. The number of fused-ring (bicyclic) bond motifs is 1. The molecule has 5 rings (SSSR count). The highest BCUT2D eigenvalue weighted by molar-refractivity contribution is 6.26. The number of amides is 4. The van der Waals surface area contributed by atoms with E-state index in [0.29, 0.717) is 35.6 Å². The zero-order chi connectivity index (χ0) is 25.2. The molecule has 0 radical (unpaired) electrons. The van der Waals surface area contributed by atoms with Gasteiger partial charge < -0.3 is 5.32 Å². The molecule has 0 saturated carbocycles. The van der Waals surface area contributed by atoms with Crippen molar-refractivity contribution < 1.29 is 19.2 Å². The number of nitrogens with one attached hydrogen (secondary N) is 2. The largest absolute Gasteiger partial charge is 0.387 e. The average molecular weight is 488 g/mol. The fourth-order valence-electron chi connectivity index (χ4n) is 5.40. The highest BCUT2D eigenvalue weighted by Gasteiger charge is 2.48. The summed E-state index contributed by atoms with van der Waals surface area (Å²) < 4.78 is 0. The van der Waals surface area contributed by atoms with Gasteiger partial charge in [0.15, 0.2) is 0 Å². The molecule has 1 aromatic heterocycles. The number of piperidine rings is 2. The Labute approximate surface area is 210 Å². The first-order valence-electron chi connectivity index (χ1n) is 12.5. The molecule has 1 aromatic rings. The van der Waals surface area contributed by atoms with Crippen LogP contribution in [0.25, 0.3) is 0 Å². The van der Waals surface area contributed by atoms with Gasteiger partial charge in [-0.05, 0) is 62.7 Å². The molecule has 1 unspecified atom stereocenters. The molecular weight excluding hydrogens is 458 g/mol. The number of hydrogen-bond acceptors (Lipinski definition) is 7. The normalized spacial score (nSPS) is 23.4. The van der Waals surface area contributed by atoms with Crippen molar-refractivity contribution in [3.63, 3.8) is 0 Å².